The molecule has 2 aromatic rings. The quantitative estimate of drug-likeness (QED) is 0.673. The summed E-state index contributed by atoms with van der Waals surface area (Å²) in [6.45, 7) is 1.51. The summed E-state index contributed by atoms with van der Waals surface area (Å²) >= 11 is 0. The number of carbonyl (C=O) groups is 1. The zero-order chi connectivity index (χ0) is 22.1. The molecule has 1 N–H and O–H groups in total. The minimum atomic E-state index is -4.08. The average Bonchev–Trinajstić information content (AvgIpc) is 2.93. The number of hydrogen-bond donors (Lipinski definition) is 1. The van der Waals surface area contributed by atoms with Crippen LogP contribution >= 0.6 is 0 Å². The number of carbonyl (C=O) groups excluding carboxylic acids is 1. The standard InChI is InChI=1S/C19H22N2O7S2/c1-13-12-29(23,24)21(19(13)22)15-6-9-17(28-3)18(10-15)30(25,26)20-11-14-4-7-16(27-2)8-5-14/h4-10,13,20H,11-12H2,1-3H3. The van der Waals surface area contributed by atoms with Crippen LogP contribution in [0.1, 0.15) is 12.5 Å². The summed E-state index contributed by atoms with van der Waals surface area (Å²) in [4.78, 5) is 12.1. The Morgan fingerprint density at radius 1 is 1.10 bits per heavy atom. The lowest BCUT2D eigenvalue weighted by molar-refractivity contribution is -0.119. The third-order valence-electron chi connectivity index (χ3n) is 4.66. The van der Waals surface area contributed by atoms with E-state index >= 15 is 0 Å². The van der Waals surface area contributed by atoms with Crippen molar-refractivity contribution in [2.75, 3.05) is 24.3 Å². The number of amides is 1. The molecule has 0 aromatic heterocycles. The van der Waals surface area contributed by atoms with Crippen molar-refractivity contribution in [3.63, 3.8) is 0 Å². The van der Waals surface area contributed by atoms with Crippen LogP contribution < -0.4 is 18.5 Å². The van der Waals surface area contributed by atoms with Gasteiger partial charge in [0.2, 0.25) is 26.0 Å². The second-order valence-corrected chi connectivity index (χ2v) is 10.4. The first-order chi connectivity index (χ1) is 14.1. The normalized spacial score (nSPS) is 18.4. The Morgan fingerprint density at radius 3 is 2.30 bits per heavy atom. The lowest BCUT2D eigenvalue weighted by atomic mass is 10.2. The number of benzene rings is 2. The van der Waals surface area contributed by atoms with E-state index in [0.29, 0.717) is 15.6 Å². The summed E-state index contributed by atoms with van der Waals surface area (Å²) in [6.07, 6.45) is 0. The van der Waals surface area contributed by atoms with Crippen molar-refractivity contribution in [3.05, 3.63) is 48.0 Å². The Bertz CT molecular complexity index is 1160. The molecule has 1 fully saturated rings. The van der Waals surface area contributed by atoms with Crippen LogP contribution in [0.15, 0.2) is 47.4 Å². The average molecular weight is 455 g/mol. The van der Waals surface area contributed by atoms with Gasteiger partial charge in [0.1, 0.15) is 16.4 Å². The number of methoxy groups -OCH3 is 2. The molecule has 1 aliphatic rings. The van der Waals surface area contributed by atoms with Gasteiger partial charge in [0, 0.05) is 6.54 Å². The largest absolute Gasteiger partial charge is 0.497 e. The first-order valence-electron chi connectivity index (χ1n) is 8.96. The van der Waals surface area contributed by atoms with Crippen LogP contribution in [-0.2, 0) is 31.4 Å². The van der Waals surface area contributed by atoms with E-state index in [4.69, 9.17) is 9.47 Å². The van der Waals surface area contributed by atoms with Crippen molar-refractivity contribution in [1.82, 2.24) is 4.72 Å². The molecule has 0 spiro atoms. The van der Waals surface area contributed by atoms with E-state index in [1.54, 1.807) is 24.3 Å². The van der Waals surface area contributed by atoms with Gasteiger partial charge in [-0.3, -0.25) is 4.79 Å². The van der Waals surface area contributed by atoms with E-state index in [-0.39, 0.29) is 28.6 Å². The molecule has 2 aromatic carbocycles. The van der Waals surface area contributed by atoms with E-state index in [0.717, 1.165) is 6.07 Å². The molecule has 0 radical (unpaired) electrons. The number of ether oxygens (including phenoxy) is 2. The molecule has 0 bridgehead atoms. The maximum atomic E-state index is 12.9. The van der Waals surface area contributed by atoms with Gasteiger partial charge in [-0.1, -0.05) is 19.1 Å². The number of sulfonamides is 2. The molecule has 1 aliphatic heterocycles. The predicted molar refractivity (Wildman–Crippen MR) is 110 cm³/mol. The van der Waals surface area contributed by atoms with E-state index in [2.05, 4.69) is 4.72 Å². The van der Waals surface area contributed by atoms with Crippen LogP contribution in [0.2, 0.25) is 0 Å². The highest BCUT2D eigenvalue weighted by molar-refractivity contribution is 7.94. The lowest BCUT2D eigenvalue weighted by Crippen LogP contribution is -2.31. The molecule has 1 atom stereocenters. The third kappa shape index (κ3) is 4.27. The fraction of sp³-hybridized carbons (Fsp3) is 0.316. The highest BCUT2D eigenvalue weighted by Crippen LogP contribution is 2.33. The first kappa shape index (κ1) is 22.1. The SMILES string of the molecule is COc1ccc(CNS(=O)(=O)c2cc(N3C(=O)C(C)CS3(=O)=O)ccc2OC)cc1. The molecular formula is C19H22N2O7S2. The molecule has 9 nitrogen and oxygen atoms in total. The van der Waals surface area contributed by atoms with Gasteiger partial charge in [-0.2, -0.15) is 0 Å². The number of hydrogen-bond acceptors (Lipinski definition) is 7. The monoisotopic (exact) mass is 454 g/mol. The minimum absolute atomic E-state index is 0.00229. The summed E-state index contributed by atoms with van der Waals surface area (Å²) in [5.74, 6) is -0.963. The summed E-state index contributed by atoms with van der Waals surface area (Å²) < 4.78 is 63.9. The van der Waals surface area contributed by atoms with Gasteiger partial charge in [0.05, 0.1) is 31.6 Å². The Balaban J connectivity index is 1.93. The zero-order valence-electron chi connectivity index (χ0n) is 16.7. The molecule has 1 unspecified atom stereocenters. The molecule has 1 amide bonds. The van der Waals surface area contributed by atoms with Crippen LogP contribution in [-0.4, -0.2) is 42.7 Å². The smallest absolute Gasteiger partial charge is 0.244 e. The summed E-state index contributed by atoms with van der Waals surface area (Å²) in [6, 6.07) is 10.6. The first-order valence-corrected chi connectivity index (χ1v) is 12.1. The molecule has 1 saturated heterocycles. The molecule has 30 heavy (non-hydrogen) atoms. The predicted octanol–water partition coefficient (Wildman–Crippen LogP) is 1.49. The lowest BCUT2D eigenvalue weighted by Gasteiger charge is -2.18. The van der Waals surface area contributed by atoms with E-state index < -0.39 is 31.9 Å². The van der Waals surface area contributed by atoms with Crippen LogP contribution in [0.3, 0.4) is 0 Å². The molecule has 1 heterocycles. The van der Waals surface area contributed by atoms with Gasteiger partial charge in [-0.25, -0.2) is 25.9 Å². The second-order valence-electron chi connectivity index (χ2n) is 6.79. The zero-order valence-corrected chi connectivity index (χ0v) is 18.3. The maximum Gasteiger partial charge on any atom is 0.244 e. The summed E-state index contributed by atoms with van der Waals surface area (Å²) in [5.41, 5.74) is 0.649. The van der Waals surface area contributed by atoms with Gasteiger partial charge >= 0.3 is 0 Å². The van der Waals surface area contributed by atoms with E-state index in [1.807, 2.05) is 0 Å². The Morgan fingerprint density at radius 2 is 1.77 bits per heavy atom. The van der Waals surface area contributed by atoms with Crippen molar-refractivity contribution in [3.8, 4) is 11.5 Å². The molecule has 162 valence electrons. The number of anilines is 1. The highest BCUT2D eigenvalue weighted by atomic mass is 32.2. The van der Waals surface area contributed by atoms with Crippen molar-refractivity contribution in [1.29, 1.82) is 0 Å². The Kier molecular flexibility index (Phi) is 6.06. The molecule has 0 saturated carbocycles. The van der Waals surface area contributed by atoms with Crippen LogP contribution in [0.5, 0.6) is 11.5 Å². The highest BCUT2D eigenvalue weighted by Gasteiger charge is 2.42. The van der Waals surface area contributed by atoms with Gasteiger partial charge in [-0.05, 0) is 35.9 Å². The van der Waals surface area contributed by atoms with Crippen molar-refractivity contribution in [2.45, 2.75) is 18.4 Å². The Labute approximate surface area is 175 Å². The van der Waals surface area contributed by atoms with Gasteiger partial charge in [0.25, 0.3) is 0 Å². The third-order valence-corrected chi connectivity index (χ3v) is 7.95. The van der Waals surface area contributed by atoms with E-state index in [9.17, 15) is 21.6 Å². The molecule has 3 rings (SSSR count). The van der Waals surface area contributed by atoms with Gasteiger partial charge in [-0.15, -0.1) is 0 Å². The van der Waals surface area contributed by atoms with Crippen molar-refractivity contribution >= 4 is 31.6 Å². The molecule has 0 aliphatic carbocycles. The van der Waals surface area contributed by atoms with Gasteiger partial charge in [0.15, 0.2) is 0 Å². The van der Waals surface area contributed by atoms with Crippen molar-refractivity contribution < 1.29 is 31.1 Å². The van der Waals surface area contributed by atoms with Crippen LogP contribution in [0.4, 0.5) is 5.69 Å². The molecule has 11 heteroatoms. The fourth-order valence-electron chi connectivity index (χ4n) is 3.09. The Hall–Kier alpha value is -2.63. The van der Waals surface area contributed by atoms with Gasteiger partial charge < -0.3 is 9.47 Å². The van der Waals surface area contributed by atoms with E-state index in [1.165, 1.54) is 33.3 Å². The maximum absolute atomic E-state index is 12.9. The summed E-state index contributed by atoms with van der Waals surface area (Å²) in [7, 11) is -5.11. The topological polar surface area (TPSA) is 119 Å². The fourth-order valence-corrected chi connectivity index (χ4v) is 6.10. The minimum Gasteiger partial charge on any atom is -0.497 e. The number of rotatable bonds is 7. The van der Waals surface area contributed by atoms with Crippen molar-refractivity contribution in [2.24, 2.45) is 5.92 Å². The number of nitrogens with zero attached hydrogens (tertiary/aromatic N) is 1. The number of nitrogens with one attached hydrogen (secondary N) is 1. The molecular weight excluding hydrogens is 432 g/mol. The summed E-state index contributed by atoms with van der Waals surface area (Å²) in [5, 5.41) is 0. The second kappa shape index (κ2) is 8.25. The van der Waals surface area contributed by atoms with Crippen LogP contribution in [0, 0.1) is 5.92 Å². The van der Waals surface area contributed by atoms with Crippen LogP contribution in [0.25, 0.3) is 0 Å².